The van der Waals surface area contributed by atoms with Crippen molar-refractivity contribution < 1.29 is 22.4 Å². The van der Waals surface area contributed by atoms with E-state index in [4.69, 9.17) is 9.15 Å². The quantitative estimate of drug-likeness (QED) is 0.492. The molecule has 1 amide bonds. The first kappa shape index (κ1) is 20.6. The van der Waals surface area contributed by atoms with Gasteiger partial charge in [-0.2, -0.15) is 0 Å². The highest BCUT2D eigenvalue weighted by atomic mass is 32.2. The Morgan fingerprint density at radius 3 is 2.55 bits per heavy atom. The zero-order chi connectivity index (χ0) is 22.0. The summed E-state index contributed by atoms with van der Waals surface area (Å²) in [5, 5.41) is 3.56. The summed E-state index contributed by atoms with van der Waals surface area (Å²) in [4.78, 5) is 16.7. The van der Waals surface area contributed by atoms with E-state index in [1.807, 2.05) is 6.92 Å². The number of rotatable bonds is 6. The molecule has 0 aliphatic heterocycles. The summed E-state index contributed by atoms with van der Waals surface area (Å²) in [6.07, 6.45) is 3.18. The number of benzene rings is 2. The Hall–Kier alpha value is -3.65. The number of ether oxygens (including phenoxy) is 1. The first-order valence-corrected chi connectivity index (χ1v) is 11.0. The molecule has 0 bridgehead atoms. The summed E-state index contributed by atoms with van der Waals surface area (Å²) in [5.74, 6) is 0.314. The number of aryl methyl sites for hydroxylation is 1. The third-order valence-corrected chi connectivity index (χ3v) is 6.55. The first-order chi connectivity index (χ1) is 14.9. The lowest BCUT2D eigenvalue weighted by molar-refractivity contribution is 0.0925. The number of hydrogen-bond acceptors (Lipinski definition) is 6. The van der Waals surface area contributed by atoms with Crippen molar-refractivity contribution in [1.82, 2.24) is 10.3 Å². The van der Waals surface area contributed by atoms with Gasteiger partial charge in [-0.05, 0) is 60.5 Å². The minimum absolute atomic E-state index is 0.167. The van der Waals surface area contributed by atoms with E-state index in [0.29, 0.717) is 11.3 Å². The van der Waals surface area contributed by atoms with E-state index in [1.165, 1.54) is 25.3 Å². The highest BCUT2D eigenvalue weighted by Gasteiger charge is 2.19. The number of hydrogen-bond donors (Lipinski definition) is 1. The number of carbonyl (C=O) groups excluding carboxylic acids is 1. The van der Waals surface area contributed by atoms with Crippen LogP contribution in [0.5, 0.6) is 5.75 Å². The van der Waals surface area contributed by atoms with Crippen molar-refractivity contribution in [3.63, 3.8) is 0 Å². The van der Waals surface area contributed by atoms with Gasteiger partial charge in [-0.1, -0.05) is 12.1 Å². The molecule has 158 valence electrons. The fraction of sp³-hybridized carbons (Fsp3) is 0.130. The zero-order valence-electron chi connectivity index (χ0n) is 17.0. The Labute approximate surface area is 179 Å². The summed E-state index contributed by atoms with van der Waals surface area (Å²) in [6, 6.07) is 14.7. The SMILES string of the molecule is COc1cc(C)cc(S(=O)(=O)c2ccc(CNC(=O)c3cc4ccncc4o3)cc2)c1. The zero-order valence-corrected chi connectivity index (χ0v) is 17.8. The van der Waals surface area contributed by atoms with Gasteiger partial charge in [-0.15, -0.1) is 0 Å². The van der Waals surface area contributed by atoms with E-state index in [2.05, 4.69) is 10.3 Å². The van der Waals surface area contributed by atoms with E-state index >= 15 is 0 Å². The van der Waals surface area contributed by atoms with Gasteiger partial charge in [0.2, 0.25) is 9.84 Å². The molecule has 0 radical (unpaired) electrons. The lowest BCUT2D eigenvalue weighted by Crippen LogP contribution is -2.22. The number of amides is 1. The number of pyridine rings is 1. The van der Waals surface area contributed by atoms with Gasteiger partial charge in [0.15, 0.2) is 11.3 Å². The fourth-order valence-corrected chi connectivity index (χ4v) is 4.55. The van der Waals surface area contributed by atoms with Crippen molar-refractivity contribution in [2.45, 2.75) is 23.3 Å². The molecule has 8 heteroatoms. The van der Waals surface area contributed by atoms with Crippen LogP contribution < -0.4 is 10.1 Å². The second-order valence-corrected chi connectivity index (χ2v) is 8.99. The van der Waals surface area contributed by atoms with Crippen LogP contribution >= 0.6 is 0 Å². The van der Waals surface area contributed by atoms with Crippen LogP contribution in [0.2, 0.25) is 0 Å². The fourth-order valence-electron chi connectivity index (χ4n) is 3.18. The molecule has 4 rings (SSSR count). The smallest absolute Gasteiger partial charge is 0.287 e. The Bertz CT molecular complexity index is 1330. The maximum atomic E-state index is 13.0. The van der Waals surface area contributed by atoms with Crippen molar-refractivity contribution in [2.24, 2.45) is 0 Å². The Morgan fingerprint density at radius 2 is 1.84 bits per heavy atom. The summed E-state index contributed by atoms with van der Waals surface area (Å²) < 4.78 is 36.6. The van der Waals surface area contributed by atoms with Crippen molar-refractivity contribution in [3.05, 3.63) is 83.9 Å². The minimum Gasteiger partial charge on any atom is -0.497 e. The molecule has 0 unspecified atom stereocenters. The molecule has 2 aromatic carbocycles. The van der Waals surface area contributed by atoms with Crippen LogP contribution in [0, 0.1) is 6.92 Å². The lowest BCUT2D eigenvalue weighted by atomic mass is 10.2. The molecular formula is C23H20N2O5S. The van der Waals surface area contributed by atoms with Gasteiger partial charge in [-0.25, -0.2) is 8.42 Å². The average molecular weight is 436 g/mol. The number of aromatic nitrogens is 1. The molecule has 0 aliphatic carbocycles. The molecule has 0 saturated heterocycles. The monoisotopic (exact) mass is 436 g/mol. The van der Waals surface area contributed by atoms with Crippen molar-refractivity contribution in [2.75, 3.05) is 7.11 Å². The molecule has 0 atom stereocenters. The molecule has 2 heterocycles. The number of methoxy groups -OCH3 is 1. The van der Waals surface area contributed by atoms with Gasteiger partial charge in [0.05, 0.1) is 23.1 Å². The number of furan rings is 1. The summed E-state index contributed by atoms with van der Waals surface area (Å²) in [7, 11) is -2.19. The van der Waals surface area contributed by atoms with Crippen molar-refractivity contribution in [3.8, 4) is 5.75 Å². The van der Waals surface area contributed by atoms with Crippen molar-refractivity contribution in [1.29, 1.82) is 0 Å². The molecule has 0 spiro atoms. The minimum atomic E-state index is -3.69. The maximum Gasteiger partial charge on any atom is 0.287 e. The summed E-state index contributed by atoms with van der Waals surface area (Å²) >= 11 is 0. The van der Waals surface area contributed by atoms with E-state index < -0.39 is 9.84 Å². The van der Waals surface area contributed by atoms with Crippen LogP contribution in [0.25, 0.3) is 11.0 Å². The van der Waals surface area contributed by atoms with E-state index in [9.17, 15) is 13.2 Å². The number of nitrogens with zero attached hydrogens (tertiary/aromatic N) is 1. The van der Waals surface area contributed by atoms with Crippen molar-refractivity contribution >= 4 is 26.7 Å². The number of carbonyl (C=O) groups is 1. The molecule has 7 nitrogen and oxygen atoms in total. The molecular weight excluding hydrogens is 416 g/mol. The Kier molecular flexibility index (Phi) is 5.48. The van der Waals surface area contributed by atoms with Gasteiger partial charge in [0.1, 0.15) is 5.75 Å². The van der Waals surface area contributed by atoms with Crippen LogP contribution in [0.1, 0.15) is 21.7 Å². The van der Waals surface area contributed by atoms with Gasteiger partial charge in [-0.3, -0.25) is 9.78 Å². The highest BCUT2D eigenvalue weighted by molar-refractivity contribution is 7.91. The second-order valence-electron chi connectivity index (χ2n) is 7.04. The van der Waals surface area contributed by atoms with E-state index in [0.717, 1.165) is 16.5 Å². The number of fused-ring (bicyclic) bond motifs is 1. The van der Waals surface area contributed by atoms with Crippen LogP contribution in [0.3, 0.4) is 0 Å². The summed E-state index contributed by atoms with van der Waals surface area (Å²) in [5.41, 5.74) is 2.08. The maximum absolute atomic E-state index is 13.0. The van der Waals surface area contributed by atoms with Gasteiger partial charge in [0.25, 0.3) is 5.91 Å². The predicted octanol–water partition coefficient (Wildman–Crippen LogP) is 3.91. The first-order valence-electron chi connectivity index (χ1n) is 9.48. The predicted molar refractivity (Wildman–Crippen MR) is 115 cm³/mol. The summed E-state index contributed by atoms with van der Waals surface area (Å²) in [6.45, 7) is 2.04. The Balaban J connectivity index is 1.47. The third-order valence-electron chi connectivity index (χ3n) is 4.80. The highest BCUT2D eigenvalue weighted by Crippen LogP contribution is 2.26. The Morgan fingerprint density at radius 1 is 1.06 bits per heavy atom. The normalized spacial score (nSPS) is 11.4. The molecule has 0 saturated carbocycles. The standard InChI is InChI=1S/C23H20N2O5S/c1-15-9-18(29-2)12-20(10-15)31(27,28)19-5-3-16(4-6-19)13-25-23(26)21-11-17-7-8-24-14-22(17)30-21/h3-12,14H,13H2,1-2H3,(H,25,26). The molecule has 0 fully saturated rings. The number of nitrogens with one attached hydrogen (secondary N) is 1. The van der Waals surface area contributed by atoms with Crippen LogP contribution in [-0.2, 0) is 16.4 Å². The van der Waals surface area contributed by atoms with Crippen LogP contribution in [0.4, 0.5) is 0 Å². The second kappa shape index (κ2) is 8.23. The molecule has 31 heavy (non-hydrogen) atoms. The largest absolute Gasteiger partial charge is 0.497 e. The van der Waals surface area contributed by atoms with Gasteiger partial charge < -0.3 is 14.5 Å². The topological polar surface area (TPSA) is 98.5 Å². The average Bonchev–Trinajstić information content (AvgIpc) is 3.21. The molecule has 4 aromatic rings. The molecule has 1 N–H and O–H groups in total. The van der Waals surface area contributed by atoms with E-state index in [-0.39, 0.29) is 28.0 Å². The molecule has 2 aromatic heterocycles. The van der Waals surface area contributed by atoms with Crippen LogP contribution in [0.15, 0.2) is 81.2 Å². The third kappa shape index (κ3) is 4.29. The molecule has 0 aliphatic rings. The van der Waals surface area contributed by atoms with Gasteiger partial charge in [0, 0.05) is 18.1 Å². The van der Waals surface area contributed by atoms with Crippen LogP contribution in [-0.4, -0.2) is 26.4 Å². The number of sulfone groups is 1. The van der Waals surface area contributed by atoms with E-state index in [1.54, 1.807) is 48.8 Å². The van der Waals surface area contributed by atoms with Gasteiger partial charge >= 0.3 is 0 Å². The lowest BCUT2D eigenvalue weighted by Gasteiger charge is -2.09.